The molecule has 0 saturated carbocycles. The largest absolute Gasteiger partial charge is 0.451 e. The van der Waals surface area contributed by atoms with Crippen LogP contribution >= 0.6 is 11.6 Å². The predicted octanol–water partition coefficient (Wildman–Crippen LogP) is 4.04. The van der Waals surface area contributed by atoms with Crippen LogP contribution in [0.3, 0.4) is 0 Å². The highest BCUT2D eigenvalue weighted by atomic mass is 35.5. The first-order chi connectivity index (χ1) is 16.5. The molecule has 0 unspecified atom stereocenters. The van der Waals surface area contributed by atoms with Gasteiger partial charge in [-0.1, -0.05) is 0 Å². The Balaban J connectivity index is 1.54. The molecule has 9 nitrogen and oxygen atoms in total. The highest BCUT2D eigenvalue weighted by Gasteiger charge is 2.23. The molecule has 4 heterocycles. The predicted molar refractivity (Wildman–Crippen MR) is 131 cm³/mol. The van der Waals surface area contributed by atoms with Crippen LogP contribution in [-0.2, 0) is 13.0 Å². The number of ether oxygens (including phenoxy) is 1. The van der Waals surface area contributed by atoms with E-state index in [0.29, 0.717) is 41.6 Å². The average Bonchev–Trinajstić information content (AvgIpc) is 3.20. The normalized spacial score (nSPS) is 14.8. The molecule has 3 aromatic heterocycles. The highest BCUT2D eigenvalue weighted by Crippen LogP contribution is 2.37. The zero-order valence-electron chi connectivity index (χ0n) is 19.2. The number of nitrogens with one attached hydrogen (secondary N) is 2. The fourth-order valence-electron chi connectivity index (χ4n) is 4.15. The Kier molecular flexibility index (Phi) is 6.07. The lowest BCUT2D eigenvalue weighted by molar-refractivity contribution is 0.110. The SMILES string of the molecule is CN[C@H](C)CNc1c(C=O)oc2ccc3nc(Oc4nc(Cl)nc5c4CN(C)CC5)ccc3c12. The molecule has 1 atom stereocenters. The maximum absolute atomic E-state index is 11.7. The summed E-state index contributed by atoms with van der Waals surface area (Å²) in [6, 6.07) is 7.57. The van der Waals surface area contributed by atoms with Crippen LogP contribution in [0.5, 0.6) is 11.8 Å². The number of benzene rings is 1. The molecule has 0 radical (unpaired) electrons. The molecule has 1 aliphatic rings. The highest BCUT2D eigenvalue weighted by molar-refractivity contribution is 6.28. The Morgan fingerprint density at radius 2 is 2.12 bits per heavy atom. The molecule has 0 spiro atoms. The van der Waals surface area contributed by atoms with Gasteiger partial charge in [0.2, 0.25) is 17.0 Å². The molecular weight excluding hydrogens is 456 g/mol. The number of hydrogen-bond acceptors (Lipinski definition) is 9. The van der Waals surface area contributed by atoms with Crippen LogP contribution in [0.4, 0.5) is 5.69 Å². The van der Waals surface area contributed by atoms with Gasteiger partial charge in [0.05, 0.1) is 27.8 Å². The molecule has 34 heavy (non-hydrogen) atoms. The van der Waals surface area contributed by atoms with E-state index < -0.39 is 0 Å². The fraction of sp³-hybridized carbons (Fsp3) is 0.333. The molecule has 0 bridgehead atoms. The maximum Gasteiger partial charge on any atom is 0.230 e. The summed E-state index contributed by atoms with van der Waals surface area (Å²) in [5.74, 6) is 1.08. The number of carbonyl (C=O) groups excluding carboxylic acids is 1. The molecular formula is C24H25ClN6O3. The van der Waals surface area contributed by atoms with Gasteiger partial charge in [0, 0.05) is 43.5 Å². The van der Waals surface area contributed by atoms with Gasteiger partial charge in [-0.15, -0.1) is 0 Å². The van der Waals surface area contributed by atoms with Gasteiger partial charge in [0.15, 0.2) is 12.0 Å². The summed E-state index contributed by atoms with van der Waals surface area (Å²) in [7, 11) is 3.93. The van der Waals surface area contributed by atoms with Gasteiger partial charge in [-0.3, -0.25) is 4.79 Å². The molecule has 1 aromatic carbocycles. The summed E-state index contributed by atoms with van der Waals surface area (Å²) >= 11 is 6.15. The van der Waals surface area contributed by atoms with Crippen molar-refractivity contribution in [2.75, 3.05) is 32.5 Å². The topological polar surface area (TPSA) is 105 Å². The van der Waals surface area contributed by atoms with E-state index in [1.165, 1.54) is 0 Å². The van der Waals surface area contributed by atoms with Crippen molar-refractivity contribution in [1.29, 1.82) is 0 Å². The molecule has 176 valence electrons. The lowest BCUT2D eigenvalue weighted by atomic mass is 10.1. The van der Waals surface area contributed by atoms with E-state index in [-0.39, 0.29) is 17.1 Å². The Hall–Kier alpha value is -3.27. The number of furan rings is 1. The Morgan fingerprint density at radius 3 is 2.91 bits per heavy atom. The lowest BCUT2D eigenvalue weighted by Crippen LogP contribution is -2.29. The standard InChI is InChI=1S/C24H25ClN6O3/c1-13(26-2)10-27-22-19(12-32)33-18-6-5-16-14(21(18)22)4-7-20(28-16)34-23-15-11-31(3)9-8-17(15)29-24(25)30-23/h4-7,12-13,26-27H,8-11H2,1-3H3/t13-/m1/s1. The van der Waals surface area contributed by atoms with Crippen molar-refractivity contribution in [3.63, 3.8) is 0 Å². The van der Waals surface area contributed by atoms with E-state index in [0.717, 1.165) is 41.3 Å². The number of nitrogens with zero attached hydrogens (tertiary/aromatic N) is 4. The van der Waals surface area contributed by atoms with Crippen molar-refractivity contribution < 1.29 is 13.9 Å². The zero-order valence-corrected chi connectivity index (χ0v) is 19.9. The molecule has 5 rings (SSSR count). The summed E-state index contributed by atoms with van der Waals surface area (Å²) in [5.41, 5.74) is 3.81. The number of pyridine rings is 1. The van der Waals surface area contributed by atoms with Crippen molar-refractivity contribution in [2.24, 2.45) is 0 Å². The third kappa shape index (κ3) is 4.18. The molecule has 10 heteroatoms. The van der Waals surface area contributed by atoms with Crippen LogP contribution in [0.15, 0.2) is 28.7 Å². The van der Waals surface area contributed by atoms with E-state index in [9.17, 15) is 4.79 Å². The number of halogens is 1. The second-order valence-corrected chi connectivity index (χ2v) is 8.84. The van der Waals surface area contributed by atoms with Crippen molar-refractivity contribution in [3.05, 3.63) is 46.6 Å². The van der Waals surface area contributed by atoms with Crippen molar-refractivity contribution >= 4 is 45.4 Å². The van der Waals surface area contributed by atoms with Crippen LogP contribution in [-0.4, -0.2) is 59.4 Å². The van der Waals surface area contributed by atoms with Gasteiger partial charge in [-0.25, -0.2) is 9.97 Å². The Labute approximate surface area is 201 Å². The quantitative estimate of drug-likeness (QED) is 0.299. The van der Waals surface area contributed by atoms with Gasteiger partial charge in [0.1, 0.15) is 5.58 Å². The molecule has 0 saturated heterocycles. The minimum Gasteiger partial charge on any atom is -0.451 e. The fourth-order valence-corrected chi connectivity index (χ4v) is 4.33. The van der Waals surface area contributed by atoms with Gasteiger partial charge in [0.25, 0.3) is 0 Å². The smallest absolute Gasteiger partial charge is 0.230 e. The monoisotopic (exact) mass is 480 g/mol. The Bertz CT molecular complexity index is 1390. The summed E-state index contributed by atoms with van der Waals surface area (Å²) in [6.45, 7) is 4.26. The van der Waals surface area contributed by atoms with Crippen molar-refractivity contribution in [3.8, 4) is 11.8 Å². The number of likely N-dealkylation sites (N-methyl/N-ethyl adjacent to an activating group) is 2. The van der Waals surface area contributed by atoms with E-state index in [1.54, 1.807) is 6.07 Å². The van der Waals surface area contributed by atoms with E-state index >= 15 is 0 Å². The Morgan fingerprint density at radius 1 is 1.26 bits per heavy atom. The number of fused-ring (bicyclic) bond motifs is 4. The van der Waals surface area contributed by atoms with E-state index in [2.05, 4.69) is 32.4 Å². The minimum absolute atomic E-state index is 0.159. The van der Waals surface area contributed by atoms with Crippen LogP contribution in [0.25, 0.3) is 21.9 Å². The molecule has 0 amide bonds. The number of carbonyl (C=O) groups is 1. The van der Waals surface area contributed by atoms with Crippen molar-refractivity contribution in [2.45, 2.75) is 25.9 Å². The summed E-state index contributed by atoms with van der Waals surface area (Å²) in [5, 5.41) is 8.34. The molecule has 1 aliphatic heterocycles. The van der Waals surface area contributed by atoms with Gasteiger partial charge in [-0.05, 0) is 50.8 Å². The third-order valence-corrected chi connectivity index (χ3v) is 6.26. The molecule has 0 aliphatic carbocycles. The third-order valence-electron chi connectivity index (χ3n) is 6.10. The first kappa shape index (κ1) is 22.5. The van der Waals surface area contributed by atoms with E-state index in [4.69, 9.17) is 25.7 Å². The number of aldehydes is 1. The second kappa shape index (κ2) is 9.17. The van der Waals surface area contributed by atoms with Gasteiger partial charge in [-0.2, -0.15) is 4.98 Å². The second-order valence-electron chi connectivity index (χ2n) is 8.50. The summed E-state index contributed by atoms with van der Waals surface area (Å²) in [4.78, 5) is 27.2. The molecule has 2 N–H and O–H groups in total. The van der Waals surface area contributed by atoms with Crippen LogP contribution in [0, 0.1) is 0 Å². The first-order valence-corrected chi connectivity index (χ1v) is 11.5. The van der Waals surface area contributed by atoms with Gasteiger partial charge >= 0.3 is 0 Å². The average molecular weight is 481 g/mol. The number of aromatic nitrogens is 3. The molecule has 0 fully saturated rings. The molecule has 4 aromatic rings. The lowest BCUT2D eigenvalue weighted by Gasteiger charge is -2.25. The van der Waals surface area contributed by atoms with Crippen LogP contribution in [0.1, 0.15) is 28.7 Å². The van der Waals surface area contributed by atoms with Crippen LogP contribution in [0.2, 0.25) is 5.28 Å². The summed E-state index contributed by atoms with van der Waals surface area (Å²) in [6.07, 6.45) is 1.51. The van der Waals surface area contributed by atoms with Crippen molar-refractivity contribution in [1.82, 2.24) is 25.2 Å². The summed E-state index contributed by atoms with van der Waals surface area (Å²) < 4.78 is 11.9. The van der Waals surface area contributed by atoms with Crippen LogP contribution < -0.4 is 15.4 Å². The number of hydrogen-bond donors (Lipinski definition) is 2. The van der Waals surface area contributed by atoms with E-state index in [1.807, 2.05) is 32.3 Å². The number of rotatable bonds is 7. The zero-order chi connectivity index (χ0) is 23.8. The number of anilines is 1. The first-order valence-electron chi connectivity index (χ1n) is 11.1. The minimum atomic E-state index is 0.159. The van der Waals surface area contributed by atoms with Gasteiger partial charge < -0.3 is 24.7 Å². The maximum atomic E-state index is 11.7.